The second kappa shape index (κ2) is 7.93. The highest BCUT2D eigenvalue weighted by molar-refractivity contribution is 9.11. The highest BCUT2D eigenvalue weighted by Crippen LogP contribution is 2.34. The maximum atomic E-state index is 10.5. The molecule has 0 fully saturated rings. The SMILES string of the molecule is N/N=C(\c1cc(Br)cc(Br)c1O)c1nc2nonc2nc1Nc1ccc(Cl)cc1. The van der Waals surface area contributed by atoms with E-state index in [1.807, 2.05) is 0 Å². The van der Waals surface area contributed by atoms with Crippen LogP contribution in [-0.4, -0.2) is 31.1 Å². The van der Waals surface area contributed by atoms with Gasteiger partial charge < -0.3 is 16.3 Å². The van der Waals surface area contributed by atoms with Crippen molar-refractivity contribution < 1.29 is 9.74 Å². The Morgan fingerprint density at radius 1 is 1.10 bits per heavy atom. The Labute approximate surface area is 185 Å². The lowest BCUT2D eigenvalue weighted by Gasteiger charge is -2.13. The number of phenols is 1. The van der Waals surface area contributed by atoms with Crippen molar-refractivity contribution in [3.8, 4) is 5.75 Å². The van der Waals surface area contributed by atoms with Crippen LogP contribution in [0.1, 0.15) is 11.3 Å². The minimum atomic E-state index is -0.0602. The number of phenolic OH excluding ortho intramolecular Hbond substituents is 1. The number of nitrogens with two attached hydrogens (primary N) is 1. The number of rotatable bonds is 4. The second-order valence-corrected chi connectivity index (χ2v) is 7.93. The molecule has 0 aliphatic heterocycles. The standard InChI is InChI=1S/C17H10Br2ClN7O2/c18-7-5-10(14(28)11(19)6-7)12(25-21)13-15(22-9-3-1-8(20)2-4-9)24-17-16(23-13)26-29-27-17/h1-6,28H,21H2,(H,22,24,27)/b25-12+. The average Bonchev–Trinajstić information content (AvgIpc) is 3.15. The quantitative estimate of drug-likeness (QED) is 0.198. The zero-order valence-corrected chi connectivity index (χ0v) is 18.2. The molecule has 2 heterocycles. The topological polar surface area (TPSA) is 135 Å². The van der Waals surface area contributed by atoms with Gasteiger partial charge in [-0.3, -0.25) is 0 Å². The normalized spacial score (nSPS) is 11.8. The summed E-state index contributed by atoms with van der Waals surface area (Å²) in [5, 5.41) is 25.6. The van der Waals surface area contributed by atoms with Gasteiger partial charge in [0, 0.05) is 20.7 Å². The summed E-state index contributed by atoms with van der Waals surface area (Å²) in [6, 6.07) is 10.3. The van der Waals surface area contributed by atoms with E-state index < -0.39 is 0 Å². The summed E-state index contributed by atoms with van der Waals surface area (Å²) >= 11 is 12.6. The molecule has 0 saturated carbocycles. The number of nitrogens with zero attached hydrogens (tertiary/aromatic N) is 5. The number of hydrogen-bond donors (Lipinski definition) is 3. The van der Waals surface area contributed by atoms with E-state index >= 15 is 0 Å². The molecule has 2 aromatic heterocycles. The second-order valence-electron chi connectivity index (χ2n) is 5.73. The number of aromatic nitrogens is 4. The van der Waals surface area contributed by atoms with Gasteiger partial charge in [-0.05, 0) is 62.6 Å². The van der Waals surface area contributed by atoms with Gasteiger partial charge in [0.05, 0.1) is 4.47 Å². The summed E-state index contributed by atoms with van der Waals surface area (Å²) in [5.74, 6) is 5.91. The summed E-state index contributed by atoms with van der Waals surface area (Å²) in [6.45, 7) is 0. The maximum Gasteiger partial charge on any atom is 0.245 e. The van der Waals surface area contributed by atoms with Crippen molar-refractivity contribution in [3.63, 3.8) is 0 Å². The van der Waals surface area contributed by atoms with Crippen molar-refractivity contribution >= 4 is 72.0 Å². The fraction of sp³-hybridized carbons (Fsp3) is 0. The van der Waals surface area contributed by atoms with E-state index in [4.69, 9.17) is 22.1 Å². The van der Waals surface area contributed by atoms with Gasteiger partial charge in [-0.1, -0.05) is 27.5 Å². The largest absolute Gasteiger partial charge is 0.506 e. The Morgan fingerprint density at radius 2 is 1.79 bits per heavy atom. The van der Waals surface area contributed by atoms with Crippen LogP contribution >= 0.6 is 43.5 Å². The Bertz CT molecular complexity index is 1240. The smallest absolute Gasteiger partial charge is 0.245 e. The molecule has 12 heteroatoms. The number of anilines is 2. The van der Waals surface area contributed by atoms with E-state index in [2.05, 4.69) is 62.6 Å². The van der Waals surface area contributed by atoms with Crippen molar-refractivity contribution in [2.24, 2.45) is 10.9 Å². The molecule has 146 valence electrons. The number of aromatic hydroxyl groups is 1. The number of halogens is 3. The number of nitrogens with one attached hydrogen (secondary N) is 1. The maximum absolute atomic E-state index is 10.5. The molecular formula is C17H10Br2ClN7O2. The summed E-state index contributed by atoms with van der Waals surface area (Å²) in [6.07, 6.45) is 0. The number of benzene rings is 2. The molecule has 0 bridgehead atoms. The minimum absolute atomic E-state index is 0.0602. The Kier molecular flexibility index (Phi) is 5.35. The summed E-state index contributed by atoms with van der Waals surface area (Å²) in [7, 11) is 0. The highest BCUT2D eigenvalue weighted by atomic mass is 79.9. The molecule has 4 aromatic rings. The predicted octanol–water partition coefficient (Wildman–Crippen LogP) is 4.35. The molecule has 0 amide bonds. The van der Waals surface area contributed by atoms with Gasteiger partial charge in [0.1, 0.15) is 17.2 Å². The molecule has 29 heavy (non-hydrogen) atoms. The molecule has 0 spiro atoms. The van der Waals surface area contributed by atoms with Crippen LogP contribution in [0.3, 0.4) is 0 Å². The molecule has 0 saturated heterocycles. The van der Waals surface area contributed by atoms with Crippen LogP contribution in [0.25, 0.3) is 11.3 Å². The summed E-state index contributed by atoms with van der Waals surface area (Å²) in [4.78, 5) is 8.83. The van der Waals surface area contributed by atoms with Crippen LogP contribution in [0.5, 0.6) is 5.75 Å². The molecule has 0 aliphatic carbocycles. The lowest BCUT2D eigenvalue weighted by molar-refractivity contribution is 0.314. The first kappa shape index (κ1) is 19.6. The van der Waals surface area contributed by atoms with Crippen molar-refractivity contribution in [2.45, 2.75) is 0 Å². The van der Waals surface area contributed by atoms with Crippen LogP contribution in [0.15, 0.2) is 55.1 Å². The summed E-state index contributed by atoms with van der Waals surface area (Å²) < 4.78 is 5.86. The molecule has 0 aliphatic rings. The van der Waals surface area contributed by atoms with E-state index in [-0.39, 0.29) is 34.3 Å². The van der Waals surface area contributed by atoms with Gasteiger partial charge in [0.25, 0.3) is 0 Å². The first-order chi connectivity index (χ1) is 14.0. The summed E-state index contributed by atoms with van der Waals surface area (Å²) in [5.41, 5.74) is 1.80. The molecule has 4 rings (SSSR count). The highest BCUT2D eigenvalue weighted by Gasteiger charge is 2.23. The van der Waals surface area contributed by atoms with Crippen LogP contribution < -0.4 is 11.2 Å². The molecule has 4 N–H and O–H groups in total. The average molecular weight is 540 g/mol. The fourth-order valence-electron chi connectivity index (χ4n) is 2.56. The van der Waals surface area contributed by atoms with E-state index in [1.54, 1.807) is 36.4 Å². The van der Waals surface area contributed by atoms with Crippen molar-refractivity contribution in [1.29, 1.82) is 0 Å². The zero-order chi connectivity index (χ0) is 20.5. The van der Waals surface area contributed by atoms with Crippen LogP contribution in [0.2, 0.25) is 5.02 Å². The molecule has 0 radical (unpaired) electrons. The van der Waals surface area contributed by atoms with E-state index in [0.717, 1.165) is 0 Å². The Morgan fingerprint density at radius 3 is 2.48 bits per heavy atom. The predicted molar refractivity (Wildman–Crippen MR) is 115 cm³/mol. The molecule has 9 nitrogen and oxygen atoms in total. The van der Waals surface area contributed by atoms with Crippen LogP contribution in [-0.2, 0) is 0 Å². The third-order valence-corrected chi connectivity index (χ3v) is 5.17. The number of hydrogen-bond acceptors (Lipinski definition) is 9. The third-order valence-electron chi connectivity index (χ3n) is 3.86. The van der Waals surface area contributed by atoms with Gasteiger partial charge in [0.15, 0.2) is 5.82 Å². The van der Waals surface area contributed by atoms with Gasteiger partial charge >= 0.3 is 0 Å². The lowest BCUT2D eigenvalue weighted by atomic mass is 10.1. The van der Waals surface area contributed by atoms with Gasteiger partial charge in [-0.25, -0.2) is 14.6 Å². The number of hydrazone groups is 1. The fourth-order valence-corrected chi connectivity index (χ4v) is 3.92. The van der Waals surface area contributed by atoms with Gasteiger partial charge in [0.2, 0.25) is 11.3 Å². The van der Waals surface area contributed by atoms with Gasteiger partial charge in [-0.2, -0.15) is 5.10 Å². The number of fused-ring (bicyclic) bond motifs is 1. The van der Waals surface area contributed by atoms with E-state index in [0.29, 0.717) is 25.2 Å². The lowest BCUT2D eigenvalue weighted by Crippen LogP contribution is -2.14. The van der Waals surface area contributed by atoms with Gasteiger partial charge in [-0.15, -0.1) is 0 Å². The van der Waals surface area contributed by atoms with Crippen molar-refractivity contribution in [1.82, 2.24) is 20.3 Å². The van der Waals surface area contributed by atoms with E-state index in [1.165, 1.54) is 0 Å². The van der Waals surface area contributed by atoms with Crippen LogP contribution in [0, 0.1) is 0 Å². The molecule has 0 unspecified atom stereocenters. The Hall–Kier alpha value is -2.76. The first-order valence-corrected chi connectivity index (χ1v) is 9.92. The van der Waals surface area contributed by atoms with E-state index in [9.17, 15) is 5.11 Å². The molecule has 2 aromatic carbocycles. The monoisotopic (exact) mass is 537 g/mol. The van der Waals surface area contributed by atoms with Crippen molar-refractivity contribution in [3.05, 3.63) is 61.6 Å². The Balaban J connectivity index is 1.90. The van der Waals surface area contributed by atoms with Crippen molar-refractivity contribution in [2.75, 3.05) is 5.32 Å². The third kappa shape index (κ3) is 3.88. The first-order valence-electron chi connectivity index (χ1n) is 7.96. The molecule has 0 atom stereocenters. The molecular weight excluding hydrogens is 529 g/mol. The minimum Gasteiger partial charge on any atom is -0.506 e. The van der Waals surface area contributed by atoms with Crippen LogP contribution in [0.4, 0.5) is 11.5 Å². The zero-order valence-electron chi connectivity index (χ0n) is 14.3.